The Labute approximate surface area is 164 Å². The summed E-state index contributed by atoms with van der Waals surface area (Å²) in [6, 6.07) is 9.88. The van der Waals surface area contributed by atoms with Crippen molar-refractivity contribution in [2.45, 2.75) is 32.1 Å². The summed E-state index contributed by atoms with van der Waals surface area (Å²) in [5.41, 5.74) is 3.09. The van der Waals surface area contributed by atoms with Crippen LogP contribution in [0.3, 0.4) is 0 Å². The average molecular weight is 384 g/mol. The number of nitrogens with two attached hydrogens (primary N) is 1. The molecule has 0 bridgehead atoms. The number of fused-ring (bicyclic) bond motifs is 1. The predicted octanol–water partition coefficient (Wildman–Crippen LogP) is 2.09. The van der Waals surface area contributed by atoms with E-state index in [4.69, 9.17) is 24.7 Å². The van der Waals surface area contributed by atoms with Crippen LogP contribution in [-0.4, -0.2) is 39.2 Å². The molecule has 3 atom stereocenters. The number of hydrogen-bond acceptors (Lipinski definition) is 8. The molecule has 1 aromatic carbocycles. The average Bonchev–Trinajstić information content (AvgIpc) is 3.13. The Bertz CT molecular complexity index is 912. The van der Waals surface area contributed by atoms with E-state index >= 15 is 0 Å². The Balaban J connectivity index is 2.30. The van der Waals surface area contributed by atoms with Crippen molar-refractivity contribution >= 4 is 5.84 Å². The summed E-state index contributed by atoms with van der Waals surface area (Å²) in [5.74, 6) is -0.593. The minimum Gasteiger partial charge on any atom is -0.493 e. The van der Waals surface area contributed by atoms with E-state index in [0.717, 1.165) is 0 Å². The number of ether oxygens (including phenoxy) is 4. The molecule has 2 aliphatic rings. The predicted molar refractivity (Wildman–Crippen MR) is 101 cm³/mol. The van der Waals surface area contributed by atoms with Gasteiger partial charge in [0, 0.05) is 18.6 Å². The normalized spacial score (nSPS) is 31.9. The van der Waals surface area contributed by atoms with Gasteiger partial charge in [0.05, 0.1) is 26.4 Å². The lowest BCUT2D eigenvalue weighted by Crippen LogP contribution is -2.46. The van der Waals surface area contributed by atoms with E-state index < -0.39 is 22.2 Å². The summed E-state index contributed by atoms with van der Waals surface area (Å²) in [4.78, 5) is 4.36. The van der Waals surface area contributed by atoms with Crippen LogP contribution in [-0.2, 0) is 14.9 Å². The van der Waals surface area contributed by atoms with Crippen molar-refractivity contribution in [3.8, 4) is 23.6 Å². The van der Waals surface area contributed by atoms with Crippen LogP contribution in [0.2, 0.25) is 0 Å². The third-order valence-electron chi connectivity index (χ3n) is 6.10. The van der Waals surface area contributed by atoms with Gasteiger partial charge in [-0.1, -0.05) is 13.0 Å². The van der Waals surface area contributed by atoms with Gasteiger partial charge in [0.25, 0.3) is 5.91 Å². The fraction of sp³-hybridized carbons (Fsp3) is 0.550. The second-order valence-corrected chi connectivity index (χ2v) is 6.86. The first-order valence-corrected chi connectivity index (χ1v) is 9.05. The lowest BCUT2D eigenvalue weighted by Gasteiger charge is -2.34. The van der Waals surface area contributed by atoms with Gasteiger partial charge in [0.15, 0.2) is 22.3 Å². The molecule has 2 N–H and O–H groups in total. The molecule has 0 radical (unpaired) electrons. The standard InChI is InChI=1S/C20H24N4O4/c1-6-27-20(28-7-2)19(12-22)17(3,18(19,11-21)16(23)24-20)13-8-9-14(25-4)15(10-13)26-5/h8-10H,6-7H2,1-5H3,(H2,23,24)/t17-,18+,19-/m1/s1. The summed E-state index contributed by atoms with van der Waals surface area (Å²) >= 11 is 0. The number of amidine groups is 1. The van der Waals surface area contributed by atoms with Crippen LogP contribution in [0.4, 0.5) is 0 Å². The van der Waals surface area contributed by atoms with Crippen molar-refractivity contribution in [3.63, 3.8) is 0 Å². The van der Waals surface area contributed by atoms with Crippen molar-refractivity contribution in [1.29, 1.82) is 10.5 Å². The first-order chi connectivity index (χ1) is 13.4. The molecular weight excluding hydrogens is 360 g/mol. The Kier molecular flexibility index (Phi) is 4.54. The number of aliphatic imine (C=N–C) groups is 1. The Morgan fingerprint density at radius 1 is 1.04 bits per heavy atom. The summed E-state index contributed by atoms with van der Waals surface area (Å²) in [6.07, 6.45) is 0. The van der Waals surface area contributed by atoms with E-state index in [-0.39, 0.29) is 19.0 Å². The number of methoxy groups -OCH3 is 2. The van der Waals surface area contributed by atoms with Crippen molar-refractivity contribution < 1.29 is 18.9 Å². The molecule has 1 aliphatic carbocycles. The summed E-state index contributed by atoms with van der Waals surface area (Å²) in [5, 5.41) is 20.5. The van der Waals surface area contributed by atoms with Gasteiger partial charge in [0.2, 0.25) is 0 Å². The third-order valence-corrected chi connectivity index (χ3v) is 6.10. The quantitative estimate of drug-likeness (QED) is 0.714. The van der Waals surface area contributed by atoms with Crippen LogP contribution in [0.1, 0.15) is 26.3 Å². The van der Waals surface area contributed by atoms with Crippen LogP contribution in [0.25, 0.3) is 0 Å². The van der Waals surface area contributed by atoms with E-state index in [1.165, 1.54) is 7.11 Å². The van der Waals surface area contributed by atoms with Crippen LogP contribution < -0.4 is 15.2 Å². The van der Waals surface area contributed by atoms with Crippen molar-refractivity contribution in [1.82, 2.24) is 0 Å². The highest BCUT2D eigenvalue weighted by Crippen LogP contribution is 2.85. The first kappa shape index (κ1) is 19.9. The van der Waals surface area contributed by atoms with E-state index in [1.807, 2.05) is 6.92 Å². The summed E-state index contributed by atoms with van der Waals surface area (Å²) in [6.45, 7) is 5.85. The smallest absolute Gasteiger partial charge is 0.293 e. The van der Waals surface area contributed by atoms with Gasteiger partial charge in [-0.15, -0.1) is 0 Å². The molecule has 28 heavy (non-hydrogen) atoms. The van der Waals surface area contributed by atoms with E-state index in [2.05, 4.69) is 17.1 Å². The topological polar surface area (TPSA) is 123 Å². The highest BCUT2D eigenvalue weighted by atomic mass is 16.7. The zero-order valence-electron chi connectivity index (χ0n) is 16.7. The van der Waals surface area contributed by atoms with Crippen molar-refractivity contribution in [2.24, 2.45) is 21.6 Å². The van der Waals surface area contributed by atoms with Crippen molar-refractivity contribution in [2.75, 3.05) is 27.4 Å². The zero-order valence-corrected chi connectivity index (χ0v) is 16.7. The third kappa shape index (κ3) is 1.82. The number of nitriles is 2. The highest BCUT2D eigenvalue weighted by molar-refractivity contribution is 6.02. The maximum absolute atomic E-state index is 10.3. The molecule has 0 saturated heterocycles. The van der Waals surface area contributed by atoms with Gasteiger partial charge in [0.1, 0.15) is 5.84 Å². The fourth-order valence-corrected chi connectivity index (χ4v) is 4.86. The molecule has 1 aromatic rings. The Morgan fingerprint density at radius 2 is 1.64 bits per heavy atom. The van der Waals surface area contributed by atoms with E-state index in [9.17, 15) is 10.5 Å². The Morgan fingerprint density at radius 3 is 2.11 bits per heavy atom. The fourth-order valence-electron chi connectivity index (χ4n) is 4.86. The first-order valence-electron chi connectivity index (χ1n) is 9.05. The Hall–Kier alpha value is -2.81. The molecule has 0 unspecified atom stereocenters. The lowest BCUT2D eigenvalue weighted by molar-refractivity contribution is -0.257. The zero-order chi connectivity index (χ0) is 20.8. The molecule has 148 valence electrons. The van der Waals surface area contributed by atoms with Crippen LogP contribution in [0, 0.1) is 33.5 Å². The van der Waals surface area contributed by atoms with Crippen molar-refractivity contribution in [3.05, 3.63) is 23.8 Å². The molecule has 1 fully saturated rings. The minimum absolute atomic E-state index is 0.0377. The monoisotopic (exact) mass is 384 g/mol. The SMILES string of the molecule is CCOC1(OCC)N=C(N)[C@@]2(C#N)[C@@](C)(c3ccc(OC)c(OC)c3)[C@@]12C#N. The highest BCUT2D eigenvalue weighted by Gasteiger charge is 3.00. The molecule has 8 heteroatoms. The molecular formula is C20H24N4O4. The molecule has 8 nitrogen and oxygen atoms in total. The molecule has 0 amide bonds. The van der Waals surface area contributed by atoms with Gasteiger partial charge < -0.3 is 24.7 Å². The molecule has 1 aliphatic heterocycles. The lowest BCUT2D eigenvalue weighted by atomic mass is 9.84. The minimum atomic E-state index is -1.66. The second-order valence-electron chi connectivity index (χ2n) is 6.86. The number of rotatable bonds is 7. The maximum Gasteiger partial charge on any atom is 0.293 e. The molecule has 1 heterocycles. The largest absolute Gasteiger partial charge is 0.493 e. The number of hydrogen-bond donors (Lipinski definition) is 1. The van der Waals surface area contributed by atoms with Gasteiger partial charge in [-0.3, -0.25) is 0 Å². The molecule has 0 aromatic heterocycles. The summed E-state index contributed by atoms with van der Waals surface area (Å²) < 4.78 is 22.5. The molecule has 3 rings (SSSR count). The second kappa shape index (κ2) is 6.37. The van der Waals surface area contributed by atoms with E-state index in [0.29, 0.717) is 17.1 Å². The molecule has 0 spiro atoms. The van der Waals surface area contributed by atoms with Crippen LogP contribution in [0.5, 0.6) is 11.5 Å². The number of nitrogens with zero attached hydrogens (tertiary/aromatic N) is 3. The van der Waals surface area contributed by atoms with Gasteiger partial charge in [-0.25, -0.2) is 4.99 Å². The number of benzene rings is 1. The van der Waals surface area contributed by atoms with Crippen LogP contribution >= 0.6 is 0 Å². The van der Waals surface area contributed by atoms with Gasteiger partial charge in [-0.2, -0.15) is 10.5 Å². The van der Waals surface area contributed by atoms with Crippen LogP contribution in [0.15, 0.2) is 23.2 Å². The molecule has 1 saturated carbocycles. The maximum atomic E-state index is 10.3. The summed E-state index contributed by atoms with van der Waals surface area (Å²) in [7, 11) is 3.07. The van der Waals surface area contributed by atoms with Gasteiger partial charge >= 0.3 is 0 Å². The van der Waals surface area contributed by atoms with Gasteiger partial charge in [-0.05, 0) is 31.5 Å². The van der Waals surface area contributed by atoms with E-state index in [1.54, 1.807) is 39.2 Å².